The van der Waals surface area contributed by atoms with Crippen LogP contribution in [-0.2, 0) is 14.3 Å². The summed E-state index contributed by atoms with van der Waals surface area (Å²) in [5, 5.41) is 5.60. The quantitative estimate of drug-likeness (QED) is 0.576. The van der Waals surface area contributed by atoms with E-state index in [2.05, 4.69) is 10.6 Å². The minimum atomic E-state index is -0.787. The molecule has 3 rings (SSSR count). The molecule has 1 aromatic carbocycles. The van der Waals surface area contributed by atoms with E-state index in [4.69, 9.17) is 17.0 Å². The van der Waals surface area contributed by atoms with Gasteiger partial charge in [-0.15, -0.1) is 0 Å². The second-order valence-corrected chi connectivity index (χ2v) is 7.92. The van der Waals surface area contributed by atoms with Gasteiger partial charge in [0.25, 0.3) is 5.91 Å². The number of benzene rings is 1. The maximum atomic E-state index is 12.6. The number of carbonyl (C=O) groups is 3. The number of ether oxygens (including phenoxy) is 1. The van der Waals surface area contributed by atoms with Gasteiger partial charge in [0.2, 0.25) is 5.91 Å². The number of carbonyl (C=O) groups excluding carboxylic acids is 3. The van der Waals surface area contributed by atoms with E-state index in [1.807, 2.05) is 19.1 Å². The van der Waals surface area contributed by atoms with Crippen LogP contribution in [0.1, 0.15) is 54.4 Å². The van der Waals surface area contributed by atoms with E-state index in [1.54, 1.807) is 17.0 Å². The van der Waals surface area contributed by atoms with Gasteiger partial charge in [0.1, 0.15) is 12.1 Å². The Morgan fingerprint density at radius 3 is 2.69 bits per heavy atom. The SMILES string of the molecule is Cc1ccccc1C(=O)NC(=S)N1CCNC(=O)C1CC(=O)OC1CCCCC1. The van der Waals surface area contributed by atoms with Crippen LogP contribution in [0.5, 0.6) is 0 Å². The Labute approximate surface area is 176 Å². The number of hydrogen-bond donors (Lipinski definition) is 2. The number of rotatable bonds is 4. The summed E-state index contributed by atoms with van der Waals surface area (Å²) in [5.41, 5.74) is 1.35. The molecule has 0 bridgehead atoms. The summed E-state index contributed by atoms with van der Waals surface area (Å²) in [6.45, 7) is 2.66. The molecule has 2 N–H and O–H groups in total. The molecule has 1 aliphatic heterocycles. The molecule has 1 saturated carbocycles. The number of nitrogens with one attached hydrogen (secondary N) is 2. The first kappa shape index (κ1) is 21.2. The van der Waals surface area contributed by atoms with Gasteiger partial charge in [-0.3, -0.25) is 19.7 Å². The minimum Gasteiger partial charge on any atom is -0.462 e. The fourth-order valence-corrected chi connectivity index (χ4v) is 4.11. The lowest BCUT2D eigenvalue weighted by Gasteiger charge is -2.36. The normalized spacial score (nSPS) is 20.0. The Morgan fingerprint density at radius 1 is 1.24 bits per heavy atom. The standard InChI is InChI=1S/C21H27N3O4S/c1-14-7-5-6-10-16(14)19(26)23-21(29)24-12-11-22-20(27)17(24)13-18(25)28-15-8-3-2-4-9-15/h5-7,10,15,17H,2-4,8-9,11-13H2,1H3,(H,22,27)(H,23,26,29). The average Bonchev–Trinajstić information content (AvgIpc) is 2.70. The first-order chi connectivity index (χ1) is 14.0. The number of hydrogen-bond acceptors (Lipinski definition) is 5. The van der Waals surface area contributed by atoms with Gasteiger partial charge in [-0.25, -0.2) is 0 Å². The van der Waals surface area contributed by atoms with Gasteiger partial charge in [-0.05, 0) is 56.5 Å². The molecular weight excluding hydrogens is 390 g/mol. The highest BCUT2D eigenvalue weighted by Crippen LogP contribution is 2.21. The third-order valence-corrected chi connectivity index (χ3v) is 5.75. The second kappa shape index (κ2) is 9.82. The van der Waals surface area contributed by atoms with Crippen LogP contribution in [0.3, 0.4) is 0 Å². The average molecular weight is 418 g/mol. The predicted octanol–water partition coefficient (Wildman–Crippen LogP) is 2.08. The summed E-state index contributed by atoms with van der Waals surface area (Å²) in [7, 11) is 0. The smallest absolute Gasteiger partial charge is 0.308 e. The van der Waals surface area contributed by atoms with Crippen molar-refractivity contribution in [3.63, 3.8) is 0 Å². The fourth-order valence-electron chi connectivity index (χ4n) is 3.80. The van der Waals surface area contributed by atoms with E-state index in [9.17, 15) is 14.4 Å². The molecule has 0 spiro atoms. The molecule has 2 amide bonds. The molecule has 1 atom stereocenters. The summed E-state index contributed by atoms with van der Waals surface area (Å²) >= 11 is 5.40. The van der Waals surface area contributed by atoms with Crippen LogP contribution in [0, 0.1) is 6.92 Å². The topological polar surface area (TPSA) is 87.7 Å². The highest BCUT2D eigenvalue weighted by Gasteiger charge is 2.35. The molecule has 1 heterocycles. The van der Waals surface area contributed by atoms with Gasteiger partial charge < -0.3 is 15.0 Å². The van der Waals surface area contributed by atoms with Crippen molar-refractivity contribution in [1.82, 2.24) is 15.5 Å². The first-order valence-electron chi connectivity index (χ1n) is 10.1. The van der Waals surface area contributed by atoms with E-state index in [1.165, 1.54) is 6.42 Å². The van der Waals surface area contributed by atoms with Crippen molar-refractivity contribution in [2.24, 2.45) is 0 Å². The zero-order valence-electron chi connectivity index (χ0n) is 16.6. The van der Waals surface area contributed by atoms with Gasteiger partial charge in [0.15, 0.2) is 5.11 Å². The Hall–Kier alpha value is -2.48. The van der Waals surface area contributed by atoms with Gasteiger partial charge in [0.05, 0.1) is 6.42 Å². The first-order valence-corrected chi connectivity index (χ1v) is 10.5. The van der Waals surface area contributed by atoms with E-state index in [0.29, 0.717) is 18.7 Å². The van der Waals surface area contributed by atoms with Crippen molar-refractivity contribution in [3.8, 4) is 0 Å². The molecule has 2 aliphatic rings. The molecule has 0 radical (unpaired) electrons. The van der Waals surface area contributed by atoms with Crippen molar-refractivity contribution in [3.05, 3.63) is 35.4 Å². The Balaban J connectivity index is 1.63. The maximum Gasteiger partial charge on any atom is 0.308 e. The molecule has 7 nitrogen and oxygen atoms in total. The Kier molecular flexibility index (Phi) is 7.19. The van der Waals surface area contributed by atoms with Crippen molar-refractivity contribution < 1.29 is 19.1 Å². The number of esters is 1. The second-order valence-electron chi connectivity index (χ2n) is 7.53. The van der Waals surface area contributed by atoms with E-state index in [0.717, 1.165) is 31.2 Å². The molecule has 29 heavy (non-hydrogen) atoms. The van der Waals surface area contributed by atoms with Crippen molar-refractivity contribution in [2.75, 3.05) is 13.1 Å². The van der Waals surface area contributed by atoms with Crippen LogP contribution in [-0.4, -0.2) is 53.0 Å². The van der Waals surface area contributed by atoms with Crippen molar-refractivity contribution in [1.29, 1.82) is 0 Å². The number of thiocarbonyl (C=S) groups is 1. The summed E-state index contributed by atoms with van der Waals surface area (Å²) in [4.78, 5) is 39.0. The highest BCUT2D eigenvalue weighted by molar-refractivity contribution is 7.80. The van der Waals surface area contributed by atoms with Crippen LogP contribution in [0.25, 0.3) is 0 Å². The molecule has 1 aromatic rings. The third kappa shape index (κ3) is 5.53. The van der Waals surface area contributed by atoms with Crippen LogP contribution >= 0.6 is 12.2 Å². The number of nitrogens with zero attached hydrogens (tertiary/aromatic N) is 1. The molecule has 1 unspecified atom stereocenters. The van der Waals surface area contributed by atoms with Gasteiger partial charge in [0, 0.05) is 18.7 Å². The molecule has 156 valence electrons. The molecule has 1 saturated heterocycles. The van der Waals surface area contributed by atoms with Gasteiger partial charge >= 0.3 is 5.97 Å². The lowest BCUT2D eigenvalue weighted by Crippen LogP contribution is -2.60. The predicted molar refractivity (Wildman–Crippen MR) is 112 cm³/mol. The number of piperazine rings is 1. The monoisotopic (exact) mass is 417 g/mol. The summed E-state index contributed by atoms with van der Waals surface area (Å²) in [6.07, 6.45) is 4.87. The molecule has 1 aliphatic carbocycles. The summed E-state index contributed by atoms with van der Waals surface area (Å²) in [6, 6.07) is 6.41. The van der Waals surface area contributed by atoms with Crippen LogP contribution in [0.4, 0.5) is 0 Å². The number of amides is 2. The van der Waals surface area contributed by atoms with E-state index >= 15 is 0 Å². The Morgan fingerprint density at radius 2 is 1.97 bits per heavy atom. The Bertz CT molecular complexity index is 792. The lowest BCUT2D eigenvalue weighted by molar-refractivity contribution is -0.153. The van der Waals surface area contributed by atoms with Gasteiger partial charge in [-0.2, -0.15) is 0 Å². The lowest BCUT2D eigenvalue weighted by atomic mass is 9.98. The zero-order chi connectivity index (χ0) is 20.8. The highest BCUT2D eigenvalue weighted by atomic mass is 32.1. The van der Waals surface area contributed by atoms with E-state index < -0.39 is 12.0 Å². The molecular formula is C21H27N3O4S. The van der Waals surface area contributed by atoms with Crippen LogP contribution in [0.2, 0.25) is 0 Å². The fraction of sp³-hybridized carbons (Fsp3) is 0.524. The summed E-state index contributed by atoms with van der Waals surface area (Å²) < 4.78 is 5.56. The van der Waals surface area contributed by atoms with Gasteiger partial charge in [-0.1, -0.05) is 24.6 Å². The third-order valence-electron chi connectivity index (χ3n) is 5.41. The zero-order valence-corrected chi connectivity index (χ0v) is 17.4. The van der Waals surface area contributed by atoms with E-state index in [-0.39, 0.29) is 29.5 Å². The molecule has 8 heteroatoms. The molecule has 0 aromatic heterocycles. The minimum absolute atomic E-state index is 0.0657. The maximum absolute atomic E-state index is 12.6. The number of aryl methyl sites for hydroxylation is 1. The van der Waals surface area contributed by atoms with Crippen LogP contribution < -0.4 is 10.6 Å². The van der Waals surface area contributed by atoms with Crippen molar-refractivity contribution >= 4 is 35.1 Å². The largest absolute Gasteiger partial charge is 0.462 e. The van der Waals surface area contributed by atoms with Crippen LogP contribution in [0.15, 0.2) is 24.3 Å². The van der Waals surface area contributed by atoms with Crippen molar-refractivity contribution in [2.45, 2.75) is 57.6 Å². The summed E-state index contributed by atoms with van der Waals surface area (Å²) in [5.74, 6) is -1.02. The molecule has 2 fully saturated rings.